The number of para-hydroxylation sites is 1. The fourth-order valence-corrected chi connectivity index (χ4v) is 4.75. The molecule has 2 saturated heterocycles. The molecule has 6 nitrogen and oxygen atoms in total. The number of rotatable bonds is 6. The van der Waals surface area contributed by atoms with Gasteiger partial charge in [0.2, 0.25) is 0 Å². The first-order chi connectivity index (χ1) is 14.5. The predicted molar refractivity (Wildman–Crippen MR) is 121 cm³/mol. The monoisotopic (exact) mass is 410 g/mol. The van der Waals surface area contributed by atoms with E-state index in [4.69, 9.17) is 0 Å². The van der Waals surface area contributed by atoms with Gasteiger partial charge in [-0.2, -0.15) is 0 Å². The van der Waals surface area contributed by atoms with Gasteiger partial charge in [-0.15, -0.1) is 0 Å². The van der Waals surface area contributed by atoms with Crippen LogP contribution >= 0.6 is 0 Å². The molecule has 0 spiro atoms. The summed E-state index contributed by atoms with van der Waals surface area (Å²) in [6, 6.07) is 5.79. The maximum Gasteiger partial charge on any atom is 0.253 e. The number of imidazole rings is 1. The smallest absolute Gasteiger partial charge is 0.253 e. The van der Waals surface area contributed by atoms with Crippen molar-refractivity contribution in [3.05, 3.63) is 36.6 Å². The second kappa shape index (κ2) is 9.48. The quantitative estimate of drug-likeness (QED) is 0.763. The maximum atomic E-state index is 12.8. The van der Waals surface area contributed by atoms with Crippen molar-refractivity contribution >= 4 is 16.9 Å². The molecule has 1 amide bonds. The summed E-state index contributed by atoms with van der Waals surface area (Å²) in [5.74, 6) is 2.62. The Morgan fingerprint density at radius 3 is 2.57 bits per heavy atom. The van der Waals surface area contributed by atoms with Gasteiger partial charge in [0.1, 0.15) is 11.3 Å². The fraction of sp³-hybridized carbons (Fsp3) is 0.625. The van der Waals surface area contributed by atoms with Crippen molar-refractivity contribution in [2.45, 2.75) is 45.4 Å². The Morgan fingerprint density at radius 2 is 1.87 bits per heavy atom. The zero-order valence-corrected chi connectivity index (χ0v) is 18.5. The summed E-state index contributed by atoms with van der Waals surface area (Å²) in [7, 11) is 4.05. The van der Waals surface area contributed by atoms with Crippen molar-refractivity contribution < 1.29 is 4.79 Å². The fourth-order valence-electron chi connectivity index (χ4n) is 4.75. The highest BCUT2D eigenvalue weighted by atomic mass is 16.1. The SMILES string of the molecule is [CH2]N1CCC(CN2CCC(CNC(=O)c3cccc4[nH]c(C(C)C)nc34)CC2)CC1. The number of hydrogen-bond donors (Lipinski definition) is 2. The summed E-state index contributed by atoms with van der Waals surface area (Å²) in [6.07, 6.45) is 4.88. The lowest BCUT2D eigenvalue weighted by Gasteiger charge is -2.36. The standard InChI is InChI=1S/C24H36N5O/c1-17(2)23-26-21-6-4-5-20(22(21)27-23)24(30)25-15-18-9-13-29(14-10-18)16-19-7-11-28(3)12-8-19/h4-6,17-19H,3,7-16H2,1-2H3,(H,25,30)(H,26,27). The third kappa shape index (κ3) is 5.03. The molecule has 2 fully saturated rings. The molecule has 3 heterocycles. The van der Waals surface area contributed by atoms with Gasteiger partial charge in [0.25, 0.3) is 5.91 Å². The summed E-state index contributed by atoms with van der Waals surface area (Å²) in [4.78, 5) is 25.7. The number of carbonyl (C=O) groups is 1. The number of nitrogens with zero attached hydrogens (tertiary/aromatic N) is 3. The predicted octanol–water partition coefficient (Wildman–Crippen LogP) is 3.63. The number of H-pyrrole nitrogens is 1. The Morgan fingerprint density at radius 1 is 1.17 bits per heavy atom. The molecular weight excluding hydrogens is 374 g/mol. The Hall–Kier alpha value is -1.92. The first-order valence-electron chi connectivity index (χ1n) is 11.5. The number of nitrogens with one attached hydrogen (secondary N) is 2. The molecule has 1 aromatic carbocycles. The van der Waals surface area contributed by atoms with Crippen LogP contribution in [0, 0.1) is 18.9 Å². The van der Waals surface area contributed by atoms with Crippen LogP contribution in [-0.2, 0) is 0 Å². The van der Waals surface area contributed by atoms with Gasteiger partial charge in [-0.25, -0.2) is 4.98 Å². The number of aromatic nitrogens is 2. The van der Waals surface area contributed by atoms with Crippen molar-refractivity contribution in [3.63, 3.8) is 0 Å². The average Bonchev–Trinajstić information content (AvgIpc) is 3.19. The number of amides is 1. The summed E-state index contributed by atoms with van der Waals surface area (Å²) in [5, 5.41) is 3.18. The summed E-state index contributed by atoms with van der Waals surface area (Å²) in [6.45, 7) is 10.8. The van der Waals surface area contributed by atoms with Crippen molar-refractivity contribution in [3.8, 4) is 0 Å². The van der Waals surface area contributed by atoms with Crippen LogP contribution in [0.3, 0.4) is 0 Å². The molecule has 2 aliphatic rings. The zero-order chi connectivity index (χ0) is 21.1. The number of piperidine rings is 2. The second-order valence-corrected chi connectivity index (χ2v) is 9.49. The molecule has 0 aliphatic carbocycles. The Balaban J connectivity index is 1.26. The molecule has 0 atom stereocenters. The third-order valence-electron chi connectivity index (χ3n) is 6.80. The highest BCUT2D eigenvalue weighted by Gasteiger charge is 2.24. The molecule has 4 rings (SSSR count). The third-order valence-corrected chi connectivity index (χ3v) is 6.80. The van der Waals surface area contributed by atoms with E-state index in [2.05, 4.69) is 46.0 Å². The Bertz CT molecular complexity index is 844. The Kier molecular flexibility index (Phi) is 6.74. The van der Waals surface area contributed by atoms with Gasteiger partial charge in [-0.1, -0.05) is 19.9 Å². The molecule has 6 heteroatoms. The van der Waals surface area contributed by atoms with Crippen LogP contribution in [0.1, 0.15) is 61.6 Å². The molecule has 2 aromatic rings. The number of carbonyl (C=O) groups excluding carboxylic acids is 1. The van der Waals surface area contributed by atoms with E-state index < -0.39 is 0 Å². The van der Waals surface area contributed by atoms with Gasteiger partial charge in [0.05, 0.1) is 11.1 Å². The summed E-state index contributed by atoms with van der Waals surface area (Å²) >= 11 is 0. The lowest BCUT2D eigenvalue weighted by Crippen LogP contribution is -2.42. The van der Waals surface area contributed by atoms with Gasteiger partial charge in [-0.3, -0.25) is 4.79 Å². The number of hydrogen-bond acceptors (Lipinski definition) is 4. The van der Waals surface area contributed by atoms with E-state index in [0.29, 0.717) is 17.4 Å². The summed E-state index contributed by atoms with van der Waals surface area (Å²) in [5.41, 5.74) is 2.39. The van der Waals surface area contributed by atoms with Crippen LogP contribution in [0.15, 0.2) is 18.2 Å². The highest BCUT2D eigenvalue weighted by Crippen LogP contribution is 2.23. The molecule has 1 aromatic heterocycles. The highest BCUT2D eigenvalue weighted by molar-refractivity contribution is 6.04. The maximum absolute atomic E-state index is 12.8. The van der Waals surface area contributed by atoms with Gasteiger partial charge >= 0.3 is 0 Å². The van der Waals surface area contributed by atoms with Gasteiger partial charge < -0.3 is 20.1 Å². The molecule has 1 radical (unpaired) electrons. The Labute approximate surface area is 180 Å². The van der Waals surface area contributed by atoms with Crippen molar-refractivity contribution in [2.75, 3.05) is 39.3 Å². The van der Waals surface area contributed by atoms with E-state index in [0.717, 1.165) is 55.5 Å². The van der Waals surface area contributed by atoms with E-state index in [-0.39, 0.29) is 5.91 Å². The zero-order valence-electron chi connectivity index (χ0n) is 18.5. The van der Waals surface area contributed by atoms with Crippen molar-refractivity contribution in [1.82, 2.24) is 25.1 Å². The lowest BCUT2D eigenvalue weighted by atomic mass is 9.93. The van der Waals surface area contributed by atoms with E-state index >= 15 is 0 Å². The number of fused-ring (bicyclic) bond motifs is 1. The summed E-state index contributed by atoms with van der Waals surface area (Å²) < 4.78 is 0. The largest absolute Gasteiger partial charge is 0.352 e. The molecule has 0 unspecified atom stereocenters. The molecule has 163 valence electrons. The lowest BCUT2D eigenvalue weighted by molar-refractivity contribution is 0.0930. The normalized spacial score (nSPS) is 20.3. The van der Waals surface area contributed by atoms with Crippen LogP contribution in [0.4, 0.5) is 0 Å². The van der Waals surface area contributed by atoms with Crippen LogP contribution in [0.2, 0.25) is 0 Å². The number of benzene rings is 1. The molecule has 0 bridgehead atoms. The first-order valence-corrected chi connectivity index (χ1v) is 11.5. The number of aromatic amines is 1. The van der Waals surface area contributed by atoms with Crippen LogP contribution in [0.5, 0.6) is 0 Å². The molecule has 30 heavy (non-hydrogen) atoms. The minimum Gasteiger partial charge on any atom is -0.352 e. The molecule has 2 N–H and O–H groups in total. The van der Waals surface area contributed by atoms with Crippen molar-refractivity contribution in [2.24, 2.45) is 11.8 Å². The molecule has 0 saturated carbocycles. The van der Waals surface area contributed by atoms with E-state index in [1.54, 1.807) is 0 Å². The molecular formula is C24H36N5O. The first kappa shape index (κ1) is 21.3. The topological polar surface area (TPSA) is 64.3 Å². The number of likely N-dealkylation sites (tertiary alicyclic amines) is 2. The van der Waals surface area contributed by atoms with Gasteiger partial charge in [0, 0.05) is 26.1 Å². The van der Waals surface area contributed by atoms with Crippen molar-refractivity contribution in [1.29, 1.82) is 0 Å². The van der Waals surface area contributed by atoms with E-state index in [1.165, 1.54) is 32.2 Å². The van der Waals surface area contributed by atoms with Crippen LogP contribution in [0.25, 0.3) is 11.0 Å². The second-order valence-electron chi connectivity index (χ2n) is 9.49. The van der Waals surface area contributed by atoms with Crippen LogP contribution in [-0.4, -0.2) is 64.9 Å². The van der Waals surface area contributed by atoms with E-state index in [1.807, 2.05) is 18.2 Å². The van der Waals surface area contributed by atoms with Gasteiger partial charge in [-0.05, 0) is 75.8 Å². The minimum atomic E-state index is -0.00947. The minimum absolute atomic E-state index is 0.00947. The molecule has 2 aliphatic heterocycles. The van der Waals surface area contributed by atoms with Gasteiger partial charge in [0.15, 0.2) is 0 Å². The van der Waals surface area contributed by atoms with E-state index in [9.17, 15) is 4.79 Å². The average molecular weight is 411 g/mol. The van der Waals surface area contributed by atoms with Crippen LogP contribution < -0.4 is 5.32 Å².